The molecule has 2 atom stereocenters. The molecule has 0 heterocycles. The molecule has 3 rings (SSSR count). The van der Waals surface area contributed by atoms with Gasteiger partial charge in [-0.05, 0) is 31.5 Å². The van der Waals surface area contributed by atoms with Crippen LogP contribution in [-0.4, -0.2) is 17.8 Å². The number of benzene rings is 3. The molecule has 33 heavy (non-hydrogen) atoms. The van der Waals surface area contributed by atoms with Gasteiger partial charge in [0.25, 0.3) is 5.91 Å². The van der Waals surface area contributed by atoms with Crippen molar-refractivity contribution >= 4 is 23.5 Å². The summed E-state index contributed by atoms with van der Waals surface area (Å²) in [5.41, 5.74) is 4.09. The molecular weight excluding hydrogens is 416 g/mol. The molecule has 0 radical (unpaired) electrons. The van der Waals surface area contributed by atoms with Crippen LogP contribution in [0.2, 0.25) is 0 Å². The summed E-state index contributed by atoms with van der Waals surface area (Å²) in [5.74, 6) is -1.31. The smallest absolute Gasteiger partial charge is 0.309 e. The molecule has 6 heteroatoms. The number of carbonyl (C=O) groups excluding carboxylic acids is 3. The van der Waals surface area contributed by atoms with Crippen molar-refractivity contribution in [2.24, 2.45) is 0 Å². The Morgan fingerprint density at radius 3 is 1.94 bits per heavy atom. The van der Waals surface area contributed by atoms with E-state index in [9.17, 15) is 14.4 Å². The summed E-state index contributed by atoms with van der Waals surface area (Å²) < 4.78 is 5.65. The number of nitrogens with one attached hydrogen (secondary N) is 2. The highest BCUT2D eigenvalue weighted by Crippen LogP contribution is 2.24. The molecule has 2 N–H and O–H groups in total. The predicted molar refractivity (Wildman–Crippen MR) is 127 cm³/mol. The molecule has 0 spiro atoms. The number of hydrogen-bond donors (Lipinski definition) is 2. The van der Waals surface area contributed by atoms with Crippen molar-refractivity contribution in [3.8, 4) is 0 Å². The number of carbonyl (C=O) groups is 3. The normalized spacial score (nSPS) is 12.3. The number of rotatable bonds is 8. The van der Waals surface area contributed by atoms with E-state index in [-0.39, 0.29) is 12.3 Å². The lowest BCUT2D eigenvalue weighted by atomic mass is 10.0. The van der Waals surface area contributed by atoms with E-state index in [1.54, 1.807) is 36.4 Å². The van der Waals surface area contributed by atoms with Crippen molar-refractivity contribution in [1.29, 1.82) is 0 Å². The van der Waals surface area contributed by atoms with Crippen molar-refractivity contribution < 1.29 is 19.1 Å². The van der Waals surface area contributed by atoms with Crippen molar-refractivity contribution in [2.75, 3.05) is 5.32 Å². The summed E-state index contributed by atoms with van der Waals surface area (Å²) >= 11 is 0. The maximum absolute atomic E-state index is 13.0. The lowest BCUT2D eigenvalue weighted by Crippen LogP contribution is -2.31. The number of anilines is 1. The lowest BCUT2D eigenvalue weighted by Gasteiger charge is -2.21. The van der Waals surface area contributed by atoms with E-state index in [1.165, 1.54) is 6.92 Å². The molecule has 0 saturated heterocycles. The minimum absolute atomic E-state index is 0.107. The fraction of sp³-hybridized carbons (Fsp3) is 0.222. The maximum Gasteiger partial charge on any atom is 0.309 e. The number of aryl methyl sites for hydroxylation is 2. The van der Waals surface area contributed by atoms with Gasteiger partial charge in [-0.2, -0.15) is 0 Å². The highest BCUT2D eigenvalue weighted by atomic mass is 16.5. The van der Waals surface area contributed by atoms with Crippen LogP contribution in [0.5, 0.6) is 0 Å². The second kappa shape index (κ2) is 11.1. The Morgan fingerprint density at radius 1 is 0.788 bits per heavy atom. The third-order valence-corrected chi connectivity index (χ3v) is 5.14. The molecule has 0 aliphatic heterocycles. The zero-order chi connectivity index (χ0) is 23.8. The molecule has 6 nitrogen and oxygen atoms in total. The van der Waals surface area contributed by atoms with E-state index in [0.29, 0.717) is 11.3 Å². The maximum atomic E-state index is 13.0. The Kier molecular flexibility index (Phi) is 7.97. The Morgan fingerprint density at radius 2 is 1.36 bits per heavy atom. The first kappa shape index (κ1) is 23.7. The quantitative estimate of drug-likeness (QED) is 0.489. The van der Waals surface area contributed by atoms with Crippen molar-refractivity contribution in [3.05, 3.63) is 101 Å². The average molecular weight is 445 g/mol. The second-order valence-corrected chi connectivity index (χ2v) is 8.00. The third-order valence-electron chi connectivity index (χ3n) is 5.14. The van der Waals surface area contributed by atoms with Gasteiger partial charge in [0, 0.05) is 18.2 Å². The van der Waals surface area contributed by atoms with E-state index in [4.69, 9.17) is 4.74 Å². The van der Waals surface area contributed by atoms with Gasteiger partial charge in [-0.25, -0.2) is 0 Å². The molecule has 0 fully saturated rings. The van der Waals surface area contributed by atoms with Gasteiger partial charge in [0.05, 0.1) is 12.5 Å². The lowest BCUT2D eigenvalue weighted by molar-refractivity contribution is -0.155. The van der Waals surface area contributed by atoms with Gasteiger partial charge in [0.2, 0.25) is 12.0 Å². The summed E-state index contributed by atoms with van der Waals surface area (Å²) in [4.78, 5) is 37.7. The first-order valence-corrected chi connectivity index (χ1v) is 10.8. The molecule has 0 saturated carbocycles. The number of ether oxygens (including phenoxy) is 1. The number of esters is 1. The van der Waals surface area contributed by atoms with E-state index < -0.39 is 24.0 Å². The van der Waals surface area contributed by atoms with Gasteiger partial charge < -0.3 is 15.4 Å². The number of amides is 2. The van der Waals surface area contributed by atoms with E-state index in [0.717, 1.165) is 16.7 Å². The van der Waals surface area contributed by atoms with Crippen LogP contribution < -0.4 is 10.6 Å². The van der Waals surface area contributed by atoms with E-state index >= 15 is 0 Å². The molecule has 170 valence electrons. The summed E-state index contributed by atoms with van der Waals surface area (Å²) in [6.07, 6.45) is -1.24. The predicted octanol–water partition coefficient (Wildman–Crippen LogP) is 4.79. The van der Waals surface area contributed by atoms with Crippen LogP contribution in [0, 0.1) is 13.8 Å². The molecule has 2 unspecified atom stereocenters. The minimum Gasteiger partial charge on any atom is -0.447 e. The molecule has 2 amide bonds. The molecule has 3 aromatic carbocycles. The van der Waals surface area contributed by atoms with E-state index in [2.05, 4.69) is 10.6 Å². The topological polar surface area (TPSA) is 84.5 Å². The molecule has 0 aromatic heterocycles. The Balaban J connectivity index is 1.78. The Hall–Kier alpha value is -3.93. The second-order valence-electron chi connectivity index (χ2n) is 8.00. The Labute approximate surface area is 194 Å². The van der Waals surface area contributed by atoms with Gasteiger partial charge >= 0.3 is 5.97 Å². The average Bonchev–Trinajstić information content (AvgIpc) is 2.79. The molecule has 0 aliphatic rings. The van der Waals surface area contributed by atoms with Crippen molar-refractivity contribution in [3.63, 3.8) is 0 Å². The van der Waals surface area contributed by atoms with Crippen molar-refractivity contribution in [1.82, 2.24) is 5.32 Å². The highest BCUT2D eigenvalue weighted by molar-refractivity contribution is 5.96. The largest absolute Gasteiger partial charge is 0.447 e. The molecular formula is C27H28N2O4. The summed E-state index contributed by atoms with van der Waals surface area (Å²) in [7, 11) is 0. The summed E-state index contributed by atoms with van der Waals surface area (Å²) in [6, 6.07) is 23.2. The molecule has 0 bridgehead atoms. The van der Waals surface area contributed by atoms with Crippen LogP contribution >= 0.6 is 0 Å². The fourth-order valence-corrected chi connectivity index (χ4v) is 3.39. The molecule has 0 aliphatic carbocycles. The van der Waals surface area contributed by atoms with Crippen LogP contribution in [-0.2, 0) is 19.1 Å². The van der Waals surface area contributed by atoms with Crippen LogP contribution in [0.4, 0.5) is 5.69 Å². The van der Waals surface area contributed by atoms with Gasteiger partial charge in [-0.15, -0.1) is 0 Å². The van der Waals surface area contributed by atoms with Crippen LogP contribution in [0.25, 0.3) is 0 Å². The highest BCUT2D eigenvalue weighted by Gasteiger charge is 2.27. The minimum atomic E-state index is -1.13. The fourth-order valence-electron chi connectivity index (χ4n) is 3.39. The van der Waals surface area contributed by atoms with E-state index in [1.807, 2.05) is 56.3 Å². The SMILES string of the molecule is CC(=O)NC(CC(=O)OC(C(=O)Nc1ccc(C)cc1)c1ccccc1)c1ccc(C)cc1. The first-order valence-electron chi connectivity index (χ1n) is 10.8. The zero-order valence-electron chi connectivity index (χ0n) is 19.0. The standard InChI is InChI=1S/C27H28N2O4/c1-18-9-13-21(14-10-18)24(28-20(3)30)17-25(31)33-26(22-7-5-4-6-8-22)27(32)29-23-15-11-19(2)12-16-23/h4-16,24,26H,17H2,1-3H3,(H,28,30)(H,29,32). The third kappa shape index (κ3) is 7.04. The van der Waals surface area contributed by atoms with Crippen LogP contribution in [0.15, 0.2) is 78.9 Å². The first-order chi connectivity index (χ1) is 15.8. The summed E-state index contributed by atoms with van der Waals surface area (Å²) in [5, 5.41) is 5.60. The van der Waals surface area contributed by atoms with Crippen LogP contribution in [0.3, 0.4) is 0 Å². The Bertz CT molecular complexity index is 1090. The van der Waals surface area contributed by atoms with Crippen LogP contribution in [0.1, 0.15) is 47.7 Å². The monoisotopic (exact) mass is 444 g/mol. The van der Waals surface area contributed by atoms with Gasteiger partial charge in [0.15, 0.2) is 0 Å². The van der Waals surface area contributed by atoms with Gasteiger partial charge in [-0.3, -0.25) is 14.4 Å². The van der Waals surface area contributed by atoms with Gasteiger partial charge in [0.1, 0.15) is 0 Å². The number of hydrogen-bond acceptors (Lipinski definition) is 4. The molecule has 3 aromatic rings. The zero-order valence-corrected chi connectivity index (χ0v) is 19.0. The van der Waals surface area contributed by atoms with Crippen molar-refractivity contribution in [2.45, 2.75) is 39.3 Å². The summed E-state index contributed by atoms with van der Waals surface area (Å²) in [6.45, 7) is 5.32. The van der Waals surface area contributed by atoms with Gasteiger partial charge in [-0.1, -0.05) is 77.9 Å².